The summed E-state index contributed by atoms with van der Waals surface area (Å²) in [5, 5.41) is 26.9. The van der Waals surface area contributed by atoms with Crippen LogP contribution in [0.4, 0.5) is 13.2 Å². The van der Waals surface area contributed by atoms with Crippen molar-refractivity contribution in [1.29, 1.82) is 15.8 Å². The third kappa shape index (κ3) is 4.67. The Hall–Kier alpha value is -4.48. The minimum absolute atomic E-state index is 0.100. The molecule has 3 rings (SSSR count). The molecular weight excluding hydrogens is 395 g/mol. The molecule has 0 heterocycles. The number of halogens is 3. The fourth-order valence-electron chi connectivity index (χ4n) is 2.58. The number of hydrogen-bond donors (Lipinski definition) is 0. The zero-order chi connectivity index (χ0) is 21.7. The Bertz CT molecular complexity index is 1200. The van der Waals surface area contributed by atoms with E-state index in [1.165, 1.54) is 42.5 Å². The van der Waals surface area contributed by atoms with E-state index in [-0.39, 0.29) is 34.1 Å². The molecular formula is C22H10F3N3O2. The summed E-state index contributed by atoms with van der Waals surface area (Å²) in [5.41, 5.74) is -1.10. The van der Waals surface area contributed by atoms with Gasteiger partial charge in [-0.3, -0.25) is 0 Å². The highest BCUT2D eigenvalue weighted by atomic mass is 19.4. The first-order valence-electron chi connectivity index (χ1n) is 8.35. The van der Waals surface area contributed by atoms with Crippen LogP contribution in [0.5, 0.6) is 23.0 Å². The van der Waals surface area contributed by atoms with Crippen LogP contribution in [0.1, 0.15) is 22.3 Å². The molecule has 30 heavy (non-hydrogen) atoms. The Morgan fingerprint density at radius 3 is 1.73 bits per heavy atom. The lowest BCUT2D eigenvalue weighted by Gasteiger charge is -2.12. The number of alkyl halides is 3. The lowest BCUT2D eigenvalue weighted by Crippen LogP contribution is -2.07. The molecule has 0 aliphatic carbocycles. The van der Waals surface area contributed by atoms with Crippen LogP contribution in [0.15, 0.2) is 60.7 Å². The van der Waals surface area contributed by atoms with E-state index < -0.39 is 17.3 Å². The van der Waals surface area contributed by atoms with Gasteiger partial charge in [0.15, 0.2) is 0 Å². The number of hydrogen-bond acceptors (Lipinski definition) is 5. The smallest absolute Gasteiger partial charge is 0.417 e. The molecule has 146 valence electrons. The molecule has 3 aromatic carbocycles. The van der Waals surface area contributed by atoms with E-state index in [4.69, 9.17) is 25.3 Å². The third-order valence-electron chi connectivity index (χ3n) is 3.86. The van der Waals surface area contributed by atoms with Gasteiger partial charge in [-0.1, -0.05) is 6.07 Å². The van der Waals surface area contributed by atoms with Gasteiger partial charge in [-0.25, -0.2) is 0 Å². The van der Waals surface area contributed by atoms with E-state index in [2.05, 4.69) is 0 Å². The van der Waals surface area contributed by atoms with Gasteiger partial charge >= 0.3 is 6.18 Å². The van der Waals surface area contributed by atoms with Gasteiger partial charge in [-0.2, -0.15) is 29.0 Å². The van der Waals surface area contributed by atoms with Gasteiger partial charge < -0.3 is 9.47 Å². The standard InChI is InChI=1S/C22H10F3N3O2/c23-22(24,25)21-10-19(5-4-16(21)13-28)29-17-2-1-3-18(9-17)30-20-7-14(11-26)6-15(8-20)12-27/h1-10H. The van der Waals surface area contributed by atoms with Crippen LogP contribution < -0.4 is 9.47 Å². The molecule has 0 atom stereocenters. The maximum Gasteiger partial charge on any atom is 0.417 e. The van der Waals surface area contributed by atoms with Gasteiger partial charge in [0, 0.05) is 6.07 Å². The van der Waals surface area contributed by atoms with Gasteiger partial charge in [-0.15, -0.1) is 0 Å². The first kappa shape index (κ1) is 20.3. The summed E-state index contributed by atoms with van der Waals surface area (Å²) >= 11 is 0. The number of nitriles is 3. The van der Waals surface area contributed by atoms with E-state index in [1.807, 2.05) is 12.1 Å². The number of nitrogens with zero attached hydrogens (tertiary/aromatic N) is 3. The average molecular weight is 405 g/mol. The summed E-state index contributed by atoms with van der Waals surface area (Å²) in [6.07, 6.45) is -4.69. The molecule has 3 aromatic rings. The minimum atomic E-state index is -4.69. The highest BCUT2D eigenvalue weighted by Gasteiger charge is 2.34. The molecule has 5 nitrogen and oxygen atoms in total. The predicted molar refractivity (Wildman–Crippen MR) is 98.6 cm³/mol. The Morgan fingerprint density at radius 1 is 0.633 bits per heavy atom. The van der Waals surface area contributed by atoms with Crippen LogP contribution in [0, 0.1) is 34.0 Å². The van der Waals surface area contributed by atoms with E-state index in [9.17, 15) is 13.2 Å². The number of ether oxygens (including phenoxy) is 2. The Morgan fingerprint density at radius 2 is 1.20 bits per heavy atom. The van der Waals surface area contributed by atoms with Crippen LogP contribution >= 0.6 is 0 Å². The van der Waals surface area contributed by atoms with Crippen molar-refractivity contribution in [1.82, 2.24) is 0 Å². The fourth-order valence-corrected chi connectivity index (χ4v) is 2.58. The summed E-state index contributed by atoms with van der Waals surface area (Å²) in [6.45, 7) is 0. The van der Waals surface area contributed by atoms with Gasteiger partial charge in [0.25, 0.3) is 0 Å². The molecule has 0 bridgehead atoms. The van der Waals surface area contributed by atoms with Crippen molar-refractivity contribution in [2.75, 3.05) is 0 Å². The van der Waals surface area contributed by atoms with Crippen LogP contribution in [-0.2, 0) is 6.18 Å². The van der Waals surface area contributed by atoms with Crippen molar-refractivity contribution in [3.05, 3.63) is 82.9 Å². The van der Waals surface area contributed by atoms with Crippen molar-refractivity contribution in [2.45, 2.75) is 6.18 Å². The van der Waals surface area contributed by atoms with Crippen molar-refractivity contribution < 1.29 is 22.6 Å². The molecule has 0 aliphatic rings. The minimum Gasteiger partial charge on any atom is -0.457 e. The molecule has 0 radical (unpaired) electrons. The second-order valence-corrected chi connectivity index (χ2v) is 5.97. The first-order chi connectivity index (χ1) is 14.3. The summed E-state index contributed by atoms with van der Waals surface area (Å²) in [6, 6.07) is 18.8. The summed E-state index contributed by atoms with van der Waals surface area (Å²) in [5.74, 6) is 0.635. The van der Waals surface area contributed by atoms with E-state index in [1.54, 1.807) is 12.1 Å². The molecule has 0 saturated heterocycles. The van der Waals surface area contributed by atoms with Crippen molar-refractivity contribution >= 4 is 0 Å². The monoisotopic (exact) mass is 405 g/mol. The fraction of sp³-hybridized carbons (Fsp3) is 0.0455. The zero-order valence-electron chi connectivity index (χ0n) is 15.1. The summed E-state index contributed by atoms with van der Waals surface area (Å²) < 4.78 is 50.5. The molecule has 0 amide bonds. The summed E-state index contributed by atoms with van der Waals surface area (Å²) in [4.78, 5) is 0. The quantitative estimate of drug-likeness (QED) is 0.539. The second kappa shape index (κ2) is 8.26. The van der Waals surface area contributed by atoms with Crippen molar-refractivity contribution in [2.24, 2.45) is 0 Å². The SMILES string of the molecule is N#Cc1cc(C#N)cc(Oc2cccc(Oc3ccc(C#N)c(C(F)(F)F)c3)c2)c1. The van der Waals surface area contributed by atoms with E-state index in [0.29, 0.717) is 0 Å². The lowest BCUT2D eigenvalue weighted by molar-refractivity contribution is -0.137. The highest BCUT2D eigenvalue weighted by Crippen LogP contribution is 2.36. The van der Waals surface area contributed by atoms with E-state index in [0.717, 1.165) is 12.1 Å². The van der Waals surface area contributed by atoms with Crippen LogP contribution in [0.2, 0.25) is 0 Å². The summed E-state index contributed by atoms with van der Waals surface area (Å²) in [7, 11) is 0. The van der Waals surface area contributed by atoms with Crippen molar-refractivity contribution in [3.8, 4) is 41.2 Å². The molecule has 0 fully saturated rings. The van der Waals surface area contributed by atoms with Gasteiger partial charge in [0.1, 0.15) is 23.0 Å². The van der Waals surface area contributed by atoms with E-state index >= 15 is 0 Å². The molecule has 0 N–H and O–H groups in total. The normalized spacial score (nSPS) is 10.4. The lowest BCUT2D eigenvalue weighted by atomic mass is 10.1. The second-order valence-electron chi connectivity index (χ2n) is 5.97. The molecule has 0 unspecified atom stereocenters. The topological polar surface area (TPSA) is 89.8 Å². The first-order valence-corrected chi connectivity index (χ1v) is 8.35. The maximum absolute atomic E-state index is 13.1. The van der Waals surface area contributed by atoms with Crippen LogP contribution in [0.3, 0.4) is 0 Å². The maximum atomic E-state index is 13.1. The number of rotatable bonds is 4. The molecule has 0 aromatic heterocycles. The zero-order valence-corrected chi connectivity index (χ0v) is 15.1. The Labute approximate surface area is 169 Å². The largest absolute Gasteiger partial charge is 0.457 e. The molecule has 0 spiro atoms. The molecule has 8 heteroatoms. The van der Waals surface area contributed by atoms with Gasteiger partial charge in [0.2, 0.25) is 0 Å². The number of benzene rings is 3. The third-order valence-corrected chi connectivity index (χ3v) is 3.86. The van der Waals surface area contributed by atoms with Crippen molar-refractivity contribution in [3.63, 3.8) is 0 Å². The Balaban J connectivity index is 1.86. The van der Waals surface area contributed by atoms with Gasteiger partial charge in [-0.05, 0) is 48.5 Å². The van der Waals surface area contributed by atoms with Crippen LogP contribution in [-0.4, -0.2) is 0 Å². The Kier molecular flexibility index (Phi) is 5.58. The highest BCUT2D eigenvalue weighted by molar-refractivity contribution is 5.48. The predicted octanol–water partition coefficient (Wildman–Crippen LogP) is 5.91. The van der Waals surface area contributed by atoms with Gasteiger partial charge in [0.05, 0.1) is 40.5 Å². The van der Waals surface area contributed by atoms with Crippen LogP contribution in [0.25, 0.3) is 0 Å². The molecule has 0 aliphatic heterocycles. The molecule has 0 saturated carbocycles. The average Bonchev–Trinajstić information content (AvgIpc) is 2.73.